The Morgan fingerprint density at radius 1 is 1.21 bits per heavy atom. The molecule has 0 atom stereocenters. The Labute approximate surface area is 110 Å². The van der Waals surface area contributed by atoms with Crippen molar-refractivity contribution in [3.05, 3.63) is 45.1 Å². The van der Waals surface area contributed by atoms with Crippen molar-refractivity contribution in [2.45, 2.75) is 20.8 Å². The molecule has 6 heteroatoms. The van der Waals surface area contributed by atoms with E-state index in [0.717, 1.165) is 16.8 Å². The fourth-order valence-corrected chi connectivity index (χ4v) is 1.74. The van der Waals surface area contributed by atoms with Crippen LogP contribution < -0.4 is 5.73 Å². The van der Waals surface area contributed by atoms with Crippen molar-refractivity contribution in [3.8, 4) is 11.4 Å². The van der Waals surface area contributed by atoms with Gasteiger partial charge in [0.25, 0.3) is 5.69 Å². The lowest BCUT2D eigenvalue weighted by molar-refractivity contribution is -0.384. The molecule has 0 aliphatic carbocycles. The number of nitrogen functional groups attached to an aromatic ring is 1. The van der Waals surface area contributed by atoms with Crippen LogP contribution in [0.1, 0.15) is 16.8 Å². The number of anilines is 1. The molecule has 0 fully saturated rings. The van der Waals surface area contributed by atoms with Crippen LogP contribution in [0.25, 0.3) is 11.4 Å². The molecule has 0 aliphatic heterocycles. The number of non-ortho nitro benzene ring substituents is 1. The first-order valence-corrected chi connectivity index (χ1v) is 5.76. The summed E-state index contributed by atoms with van der Waals surface area (Å²) in [6.45, 7) is 5.53. The second-order valence-corrected chi connectivity index (χ2v) is 4.40. The van der Waals surface area contributed by atoms with E-state index >= 15 is 0 Å². The van der Waals surface area contributed by atoms with Gasteiger partial charge in [0, 0.05) is 29.0 Å². The number of nitrogens with two attached hydrogens (primary N) is 1. The van der Waals surface area contributed by atoms with Crippen LogP contribution in [0.3, 0.4) is 0 Å². The van der Waals surface area contributed by atoms with Crippen molar-refractivity contribution in [2.75, 3.05) is 5.73 Å². The second kappa shape index (κ2) is 4.64. The summed E-state index contributed by atoms with van der Waals surface area (Å²) in [5, 5.41) is 10.8. The van der Waals surface area contributed by atoms with E-state index in [9.17, 15) is 10.1 Å². The maximum Gasteiger partial charge on any atom is 0.270 e. The third-order valence-electron chi connectivity index (χ3n) is 3.10. The molecule has 2 aromatic rings. The molecular weight excluding hydrogens is 244 g/mol. The number of aryl methyl sites for hydroxylation is 2. The van der Waals surface area contributed by atoms with E-state index in [4.69, 9.17) is 5.73 Å². The highest BCUT2D eigenvalue weighted by Crippen LogP contribution is 2.26. The molecule has 0 spiro atoms. The van der Waals surface area contributed by atoms with Gasteiger partial charge in [-0.2, -0.15) is 0 Å². The van der Waals surface area contributed by atoms with Crippen LogP contribution in [0.4, 0.5) is 11.5 Å². The number of hydrogen-bond donors (Lipinski definition) is 1. The average Bonchev–Trinajstić information content (AvgIpc) is 2.35. The first kappa shape index (κ1) is 12.9. The molecule has 98 valence electrons. The lowest BCUT2D eigenvalue weighted by Crippen LogP contribution is -2.03. The summed E-state index contributed by atoms with van der Waals surface area (Å²) < 4.78 is 0. The molecule has 6 nitrogen and oxygen atoms in total. The van der Waals surface area contributed by atoms with E-state index in [2.05, 4.69) is 9.97 Å². The summed E-state index contributed by atoms with van der Waals surface area (Å²) in [5.41, 5.74) is 8.93. The maximum absolute atomic E-state index is 10.8. The van der Waals surface area contributed by atoms with E-state index < -0.39 is 4.92 Å². The average molecular weight is 258 g/mol. The summed E-state index contributed by atoms with van der Waals surface area (Å²) in [5.74, 6) is 0.815. The Morgan fingerprint density at radius 2 is 1.89 bits per heavy atom. The van der Waals surface area contributed by atoms with E-state index in [-0.39, 0.29) is 5.69 Å². The quantitative estimate of drug-likeness (QED) is 0.659. The Morgan fingerprint density at radius 3 is 2.47 bits per heavy atom. The van der Waals surface area contributed by atoms with Crippen LogP contribution in [0.15, 0.2) is 18.2 Å². The zero-order valence-corrected chi connectivity index (χ0v) is 11.0. The van der Waals surface area contributed by atoms with Crippen molar-refractivity contribution >= 4 is 11.5 Å². The third-order valence-corrected chi connectivity index (χ3v) is 3.10. The van der Waals surface area contributed by atoms with Gasteiger partial charge in [0.05, 0.1) is 4.92 Å². The van der Waals surface area contributed by atoms with Gasteiger partial charge in [-0.05, 0) is 26.3 Å². The van der Waals surface area contributed by atoms with Gasteiger partial charge in [-0.3, -0.25) is 10.1 Å². The lowest BCUT2D eigenvalue weighted by Gasteiger charge is -2.08. The molecule has 1 heterocycles. The van der Waals surface area contributed by atoms with Crippen LogP contribution in [-0.2, 0) is 0 Å². The van der Waals surface area contributed by atoms with Crippen LogP contribution >= 0.6 is 0 Å². The third kappa shape index (κ3) is 2.37. The van der Waals surface area contributed by atoms with Crippen LogP contribution in [0, 0.1) is 30.9 Å². The van der Waals surface area contributed by atoms with Gasteiger partial charge in [0.2, 0.25) is 0 Å². The molecular formula is C13H14N4O2. The molecule has 0 saturated carbocycles. The minimum atomic E-state index is -0.437. The number of nitrogens with zero attached hydrogens (tertiary/aromatic N) is 3. The molecule has 0 amide bonds. The maximum atomic E-state index is 10.8. The molecule has 2 rings (SSSR count). The van der Waals surface area contributed by atoms with Gasteiger partial charge < -0.3 is 5.73 Å². The van der Waals surface area contributed by atoms with E-state index in [1.807, 2.05) is 20.8 Å². The molecule has 1 aromatic carbocycles. The van der Waals surface area contributed by atoms with Crippen LogP contribution in [0.5, 0.6) is 0 Å². The fourth-order valence-electron chi connectivity index (χ4n) is 1.74. The Hall–Kier alpha value is -2.50. The summed E-state index contributed by atoms with van der Waals surface area (Å²) in [4.78, 5) is 18.9. The predicted octanol–water partition coefficient (Wildman–Crippen LogP) is 2.56. The van der Waals surface area contributed by atoms with Gasteiger partial charge in [0.1, 0.15) is 5.82 Å². The van der Waals surface area contributed by atoms with Crippen LogP contribution in [0.2, 0.25) is 0 Å². The Kier molecular flexibility index (Phi) is 3.16. The number of nitro benzene ring substituents is 1. The SMILES string of the molecule is Cc1ccc([N+](=O)[O-])cc1-c1nc(C)c(C)c(N)n1. The van der Waals surface area contributed by atoms with E-state index in [0.29, 0.717) is 17.2 Å². The normalized spacial score (nSPS) is 10.5. The molecule has 0 radical (unpaired) electrons. The minimum Gasteiger partial charge on any atom is -0.383 e. The van der Waals surface area contributed by atoms with Crippen molar-refractivity contribution < 1.29 is 4.92 Å². The highest BCUT2D eigenvalue weighted by Gasteiger charge is 2.14. The molecule has 0 bridgehead atoms. The smallest absolute Gasteiger partial charge is 0.270 e. The van der Waals surface area contributed by atoms with Crippen molar-refractivity contribution in [1.29, 1.82) is 0 Å². The molecule has 2 N–H and O–H groups in total. The van der Waals surface area contributed by atoms with Crippen molar-refractivity contribution in [3.63, 3.8) is 0 Å². The second-order valence-electron chi connectivity index (χ2n) is 4.40. The van der Waals surface area contributed by atoms with Gasteiger partial charge in [-0.25, -0.2) is 9.97 Å². The number of nitro groups is 1. The Bertz CT molecular complexity index is 645. The van der Waals surface area contributed by atoms with Crippen molar-refractivity contribution in [1.82, 2.24) is 9.97 Å². The Balaban J connectivity index is 2.64. The lowest BCUT2D eigenvalue weighted by atomic mass is 10.1. The highest BCUT2D eigenvalue weighted by molar-refractivity contribution is 5.65. The van der Waals surface area contributed by atoms with E-state index in [1.54, 1.807) is 6.07 Å². The van der Waals surface area contributed by atoms with Gasteiger partial charge in [-0.1, -0.05) is 6.07 Å². The monoisotopic (exact) mass is 258 g/mol. The molecule has 1 aromatic heterocycles. The first-order valence-electron chi connectivity index (χ1n) is 5.76. The molecule has 19 heavy (non-hydrogen) atoms. The predicted molar refractivity (Wildman–Crippen MR) is 72.7 cm³/mol. The van der Waals surface area contributed by atoms with Gasteiger partial charge in [0.15, 0.2) is 5.82 Å². The number of aromatic nitrogens is 2. The fraction of sp³-hybridized carbons (Fsp3) is 0.231. The summed E-state index contributed by atoms with van der Waals surface area (Å²) in [6.07, 6.45) is 0. The number of hydrogen-bond acceptors (Lipinski definition) is 5. The molecule has 0 saturated heterocycles. The van der Waals surface area contributed by atoms with Gasteiger partial charge in [-0.15, -0.1) is 0 Å². The number of rotatable bonds is 2. The largest absolute Gasteiger partial charge is 0.383 e. The van der Waals surface area contributed by atoms with Crippen LogP contribution in [-0.4, -0.2) is 14.9 Å². The first-order chi connectivity index (χ1) is 8.90. The zero-order chi connectivity index (χ0) is 14.2. The minimum absolute atomic E-state index is 0.0148. The summed E-state index contributed by atoms with van der Waals surface area (Å²) in [6, 6.07) is 4.62. The number of benzene rings is 1. The molecule has 0 unspecified atom stereocenters. The molecule has 0 aliphatic rings. The van der Waals surface area contributed by atoms with Crippen molar-refractivity contribution in [2.24, 2.45) is 0 Å². The van der Waals surface area contributed by atoms with E-state index in [1.165, 1.54) is 12.1 Å². The summed E-state index contributed by atoms with van der Waals surface area (Å²) in [7, 11) is 0. The highest BCUT2D eigenvalue weighted by atomic mass is 16.6. The zero-order valence-electron chi connectivity index (χ0n) is 11.0. The van der Waals surface area contributed by atoms with Gasteiger partial charge >= 0.3 is 0 Å². The standard InChI is InChI=1S/C13H14N4O2/c1-7-4-5-10(17(18)19)6-11(7)13-15-9(3)8(2)12(14)16-13/h4-6H,1-3H3,(H2,14,15,16). The summed E-state index contributed by atoms with van der Waals surface area (Å²) >= 11 is 0. The topological polar surface area (TPSA) is 94.9 Å².